The number of benzene rings is 1. The summed E-state index contributed by atoms with van der Waals surface area (Å²) >= 11 is 2.77. The van der Waals surface area contributed by atoms with Gasteiger partial charge in [-0.1, -0.05) is 43.0 Å². The number of para-hydroxylation sites is 1. The van der Waals surface area contributed by atoms with Crippen molar-refractivity contribution in [1.82, 2.24) is 14.8 Å². The molecule has 1 aliphatic rings. The molecule has 0 bridgehead atoms. The fourth-order valence-corrected chi connectivity index (χ4v) is 6.66. The van der Waals surface area contributed by atoms with Crippen LogP contribution < -0.4 is 10.1 Å². The van der Waals surface area contributed by atoms with Crippen molar-refractivity contribution >= 4 is 40.0 Å². The number of hydrogen-bond acceptors (Lipinski definition) is 8. The summed E-state index contributed by atoms with van der Waals surface area (Å²) in [4.78, 5) is 26.9. The monoisotopic (exact) mass is 554 g/mol. The number of fused-ring (bicyclic) bond motifs is 1. The molecule has 0 fully saturated rings. The van der Waals surface area contributed by atoms with Gasteiger partial charge in [0.05, 0.1) is 17.9 Å². The highest BCUT2D eigenvalue weighted by Gasteiger charge is 2.29. The molecular weight excluding hydrogens is 520 g/mol. The van der Waals surface area contributed by atoms with Crippen molar-refractivity contribution in [3.8, 4) is 5.75 Å². The van der Waals surface area contributed by atoms with Gasteiger partial charge in [0.1, 0.15) is 10.8 Å². The number of aryl methyl sites for hydroxylation is 1. The Bertz CT molecular complexity index is 1320. The number of thiophene rings is 1. The molecule has 1 aliphatic carbocycles. The third kappa shape index (κ3) is 6.30. The molecule has 0 saturated heterocycles. The first-order valence-corrected chi connectivity index (χ1v) is 14.6. The second-order valence-electron chi connectivity index (χ2n) is 9.38. The van der Waals surface area contributed by atoms with E-state index in [-0.39, 0.29) is 30.3 Å². The summed E-state index contributed by atoms with van der Waals surface area (Å²) in [5.41, 5.74) is 2.57. The van der Waals surface area contributed by atoms with Crippen LogP contribution in [0.1, 0.15) is 65.5 Å². The number of thioether (sulfide) groups is 1. The van der Waals surface area contributed by atoms with Gasteiger partial charge in [-0.3, -0.25) is 9.36 Å². The van der Waals surface area contributed by atoms with Gasteiger partial charge in [0.15, 0.2) is 17.1 Å². The van der Waals surface area contributed by atoms with Gasteiger partial charge in [-0.2, -0.15) is 0 Å². The maximum Gasteiger partial charge on any atom is 0.341 e. The maximum atomic E-state index is 13.0. The van der Waals surface area contributed by atoms with Crippen LogP contribution in [0.15, 0.2) is 42.1 Å². The van der Waals surface area contributed by atoms with E-state index in [9.17, 15) is 9.59 Å². The van der Waals surface area contributed by atoms with Crippen molar-refractivity contribution in [2.75, 3.05) is 17.7 Å². The molecule has 0 spiro atoms. The summed E-state index contributed by atoms with van der Waals surface area (Å²) in [6.45, 7) is 12.5. The predicted octanol–water partition coefficient (Wildman–Crippen LogP) is 6.01. The highest BCUT2D eigenvalue weighted by molar-refractivity contribution is 7.99. The van der Waals surface area contributed by atoms with Gasteiger partial charge in [0.2, 0.25) is 5.91 Å². The molecule has 2 heterocycles. The third-order valence-corrected chi connectivity index (χ3v) is 8.53. The number of hydrogen-bond donors (Lipinski definition) is 1. The number of amides is 1. The van der Waals surface area contributed by atoms with E-state index in [1.165, 1.54) is 23.1 Å². The van der Waals surface area contributed by atoms with Gasteiger partial charge in [-0.15, -0.1) is 28.1 Å². The third-order valence-electron chi connectivity index (χ3n) is 6.39. The Morgan fingerprint density at radius 2 is 2.13 bits per heavy atom. The Labute approximate surface area is 231 Å². The molecule has 8 nitrogen and oxygen atoms in total. The zero-order valence-electron chi connectivity index (χ0n) is 22.3. The van der Waals surface area contributed by atoms with Gasteiger partial charge in [-0.05, 0) is 63.1 Å². The fraction of sp³-hybridized carbons (Fsp3) is 0.429. The predicted molar refractivity (Wildman–Crippen MR) is 151 cm³/mol. The number of nitrogens with zero attached hydrogens (tertiary/aromatic N) is 3. The Morgan fingerprint density at radius 3 is 2.87 bits per heavy atom. The maximum absolute atomic E-state index is 13.0. The number of carbonyl (C=O) groups is 2. The lowest BCUT2D eigenvalue weighted by molar-refractivity contribution is -0.113. The smallest absolute Gasteiger partial charge is 0.341 e. The lowest BCUT2D eigenvalue weighted by Gasteiger charge is -2.18. The largest absolute Gasteiger partial charge is 0.482 e. The molecule has 10 heteroatoms. The van der Waals surface area contributed by atoms with Crippen LogP contribution in [0.5, 0.6) is 5.75 Å². The summed E-state index contributed by atoms with van der Waals surface area (Å²) < 4.78 is 13.4. The van der Waals surface area contributed by atoms with E-state index in [1.54, 1.807) is 13.0 Å². The molecule has 2 atom stereocenters. The Balaban J connectivity index is 1.47. The average Bonchev–Trinajstić information content (AvgIpc) is 3.44. The number of ether oxygens (including phenoxy) is 2. The van der Waals surface area contributed by atoms with Crippen LogP contribution >= 0.6 is 23.1 Å². The standard InChI is InChI=1S/C28H34N4O4S2/c1-6-14-32-25(19(5)36-21-11-9-8-10-18(21)4)30-31-28(32)37-16-23(33)29-26-24(27(34)35-7-2)20-13-12-17(3)15-22(20)38-26/h6,8-11,17,19H,1,7,12-16H2,2-5H3,(H,29,33). The second kappa shape index (κ2) is 12.6. The summed E-state index contributed by atoms with van der Waals surface area (Å²) in [6, 6.07) is 7.82. The number of allylic oxidation sites excluding steroid dienone is 1. The van der Waals surface area contributed by atoms with Crippen LogP contribution in [0, 0.1) is 12.8 Å². The topological polar surface area (TPSA) is 95.3 Å². The van der Waals surface area contributed by atoms with Crippen LogP contribution in [-0.4, -0.2) is 39.0 Å². The molecular formula is C28H34N4O4S2. The highest BCUT2D eigenvalue weighted by atomic mass is 32.2. The van der Waals surface area contributed by atoms with Gasteiger partial charge in [-0.25, -0.2) is 4.79 Å². The lowest BCUT2D eigenvalue weighted by atomic mass is 9.88. The van der Waals surface area contributed by atoms with Gasteiger partial charge < -0.3 is 14.8 Å². The molecule has 0 aliphatic heterocycles. The minimum Gasteiger partial charge on any atom is -0.482 e. The zero-order valence-corrected chi connectivity index (χ0v) is 23.9. The van der Waals surface area contributed by atoms with Crippen LogP contribution in [0.2, 0.25) is 0 Å². The fourth-order valence-electron chi connectivity index (χ4n) is 4.49. The van der Waals surface area contributed by atoms with E-state index in [2.05, 4.69) is 29.0 Å². The van der Waals surface area contributed by atoms with Crippen LogP contribution in [0.3, 0.4) is 0 Å². The van der Waals surface area contributed by atoms with E-state index in [0.29, 0.717) is 34.0 Å². The molecule has 0 radical (unpaired) electrons. The van der Waals surface area contributed by atoms with E-state index in [4.69, 9.17) is 9.47 Å². The normalized spacial score (nSPS) is 15.4. The minimum absolute atomic E-state index is 0.115. The highest BCUT2D eigenvalue weighted by Crippen LogP contribution is 2.40. The van der Waals surface area contributed by atoms with Crippen LogP contribution in [0.4, 0.5) is 5.00 Å². The summed E-state index contributed by atoms with van der Waals surface area (Å²) in [5, 5.41) is 12.8. The number of rotatable bonds is 11. The molecule has 4 rings (SSSR count). The van der Waals surface area contributed by atoms with Crippen LogP contribution in [-0.2, 0) is 28.9 Å². The molecule has 202 valence electrons. The molecule has 3 aromatic rings. The molecule has 0 saturated carbocycles. The van der Waals surface area contributed by atoms with E-state index >= 15 is 0 Å². The second-order valence-corrected chi connectivity index (χ2v) is 11.4. The first-order valence-electron chi connectivity index (χ1n) is 12.8. The number of carbonyl (C=O) groups excluding carboxylic acids is 2. The summed E-state index contributed by atoms with van der Waals surface area (Å²) in [5.74, 6) is 1.51. The van der Waals surface area contributed by atoms with Crippen molar-refractivity contribution in [2.45, 2.75) is 64.8 Å². The Hall–Kier alpha value is -3.11. The SMILES string of the molecule is C=CCn1c(SCC(=O)Nc2sc3c(c2C(=O)OCC)CCC(C)C3)nnc1C(C)Oc1ccccc1C. The van der Waals surface area contributed by atoms with Crippen molar-refractivity contribution < 1.29 is 19.1 Å². The first kappa shape index (κ1) is 27.9. The molecule has 2 unspecified atom stereocenters. The van der Waals surface area contributed by atoms with Crippen molar-refractivity contribution in [3.05, 3.63) is 64.3 Å². The lowest BCUT2D eigenvalue weighted by Crippen LogP contribution is -2.18. The van der Waals surface area contributed by atoms with E-state index < -0.39 is 0 Å². The number of aromatic nitrogens is 3. The Kier molecular flexibility index (Phi) is 9.27. The van der Waals surface area contributed by atoms with E-state index in [1.807, 2.05) is 42.7 Å². The summed E-state index contributed by atoms with van der Waals surface area (Å²) in [6.07, 6.45) is 4.17. The van der Waals surface area contributed by atoms with Gasteiger partial charge in [0, 0.05) is 11.4 Å². The molecule has 2 aromatic heterocycles. The quantitative estimate of drug-likeness (QED) is 0.176. The first-order chi connectivity index (χ1) is 18.3. The molecule has 1 amide bonds. The number of nitrogens with one attached hydrogen (secondary N) is 1. The van der Waals surface area contributed by atoms with Crippen molar-refractivity contribution in [1.29, 1.82) is 0 Å². The van der Waals surface area contributed by atoms with Gasteiger partial charge in [0.25, 0.3) is 0 Å². The zero-order chi connectivity index (χ0) is 27.2. The van der Waals surface area contributed by atoms with Gasteiger partial charge >= 0.3 is 5.97 Å². The molecule has 1 N–H and O–H groups in total. The number of anilines is 1. The van der Waals surface area contributed by atoms with Crippen LogP contribution in [0.25, 0.3) is 0 Å². The van der Waals surface area contributed by atoms with E-state index in [0.717, 1.165) is 41.0 Å². The minimum atomic E-state index is -0.375. The molecule has 38 heavy (non-hydrogen) atoms. The molecule has 1 aromatic carbocycles. The van der Waals surface area contributed by atoms with Crippen molar-refractivity contribution in [3.63, 3.8) is 0 Å². The summed E-state index contributed by atoms with van der Waals surface area (Å²) in [7, 11) is 0. The Morgan fingerprint density at radius 1 is 1.34 bits per heavy atom. The van der Waals surface area contributed by atoms with Crippen molar-refractivity contribution in [2.24, 2.45) is 5.92 Å². The average molecular weight is 555 g/mol. The number of esters is 1.